The van der Waals surface area contributed by atoms with Crippen molar-refractivity contribution in [1.29, 1.82) is 0 Å². The van der Waals surface area contributed by atoms with Crippen molar-refractivity contribution in [2.75, 3.05) is 0 Å². The minimum absolute atomic E-state index is 0.348. The largest absolute Gasteiger partial charge is 0.479 e. The van der Waals surface area contributed by atoms with Gasteiger partial charge in [-0.2, -0.15) is 0 Å². The van der Waals surface area contributed by atoms with Crippen LogP contribution in [-0.2, 0) is 4.79 Å². The number of hydrogen-bond acceptors (Lipinski definition) is 2. The van der Waals surface area contributed by atoms with Crippen molar-refractivity contribution in [3.05, 3.63) is 71.3 Å². The van der Waals surface area contributed by atoms with Crippen LogP contribution in [0.1, 0.15) is 22.0 Å². The smallest absolute Gasteiger partial charge is 0.330 e. The fourth-order valence-electron chi connectivity index (χ4n) is 1.82. The molecule has 108 valence electrons. The molecule has 0 aliphatic carbocycles. The highest BCUT2D eigenvalue weighted by atomic mass is 19.1. The minimum atomic E-state index is -1.32. The van der Waals surface area contributed by atoms with Gasteiger partial charge in [0.25, 0.3) is 5.91 Å². The molecule has 2 N–H and O–H groups in total. The molecule has 1 amide bonds. The first-order chi connectivity index (χ1) is 9.99. The first-order valence-corrected chi connectivity index (χ1v) is 6.02. The standard InChI is InChI=1S/C15H11F2NO3/c16-10-6-7-11(12(17)8-10)14(19)18-13(15(20)21)9-4-2-1-3-5-9/h1-8,13H,(H,18,19)(H,20,21). The number of carboxylic acids is 1. The third kappa shape index (κ3) is 3.42. The zero-order chi connectivity index (χ0) is 15.4. The van der Waals surface area contributed by atoms with Gasteiger partial charge in [0.2, 0.25) is 0 Å². The predicted octanol–water partition coefficient (Wildman–Crippen LogP) is 2.52. The highest BCUT2D eigenvalue weighted by Gasteiger charge is 2.23. The molecule has 0 saturated carbocycles. The number of rotatable bonds is 4. The summed E-state index contributed by atoms with van der Waals surface area (Å²) in [5.41, 5.74) is -0.0700. The number of carbonyl (C=O) groups is 2. The number of carboxylic acid groups (broad SMARTS) is 1. The number of nitrogens with one attached hydrogen (secondary N) is 1. The van der Waals surface area contributed by atoms with E-state index in [-0.39, 0.29) is 0 Å². The van der Waals surface area contributed by atoms with E-state index in [9.17, 15) is 18.4 Å². The monoisotopic (exact) mass is 291 g/mol. The molecule has 21 heavy (non-hydrogen) atoms. The van der Waals surface area contributed by atoms with Gasteiger partial charge in [0.05, 0.1) is 5.56 Å². The summed E-state index contributed by atoms with van der Waals surface area (Å²) in [5, 5.41) is 11.4. The maximum Gasteiger partial charge on any atom is 0.330 e. The van der Waals surface area contributed by atoms with Gasteiger partial charge in [-0.15, -0.1) is 0 Å². The molecular weight excluding hydrogens is 280 g/mol. The Morgan fingerprint density at radius 1 is 1.05 bits per heavy atom. The van der Waals surface area contributed by atoms with Gasteiger partial charge in [0.1, 0.15) is 11.6 Å². The zero-order valence-electron chi connectivity index (χ0n) is 10.7. The van der Waals surface area contributed by atoms with Gasteiger partial charge in [-0.1, -0.05) is 30.3 Å². The van der Waals surface area contributed by atoms with Crippen molar-refractivity contribution >= 4 is 11.9 Å². The summed E-state index contributed by atoms with van der Waals surface area (Å²) in [5.74, 6) is -4.08. The van der Waals surface area contributed by atoms with Crippen LogP contribution in [0.25, 0.3) is 0 Å². The predicted molar refractivity (Wildman–Crippen MR) is 70.6 cm³/mol. The molecule has 0 heterocycles. The fourth-order valence-corrected chi connectivity index (χ4v) is 1.82. The molecule has 1 atom stereocenters. The van der Waals surface area contributed by atoms with Crippen molar-refractivity contribution in [1.82, 2.24) is 5.32 Å². The Kier molecular flexibility index (Phi) is 4.27. The molecule has 0 aliphatic rings. The molecular formula is C15H11F2NO3. The van der Waals surface area contributed by atoms with Crippen LogP contribution in [-0.4, -0.2) is 17.0 Å². The second-order valence-electron chi connectivity index (χ2n) is 4.28. The average molecular weight is 291 g/mol. The Bertz CT molecular complexity index is 674. The minimum Gasteiger partial charge on any atom is -0.479 e. The highest BCUT2D eigenvalue weighted by molar-refractivity contribution is 5.97. The van der Waals surface area contributed by atoms with E-state index in [0.29, 0.717) is 11.6 Å². The van der Waals surface area contributed by atoms with Crippen molar-refractivity contribution in [3.8, 4) is 0 Å². The fraction of sp³-hybridized carbons (Fsp3) is 0.0667. The van der Waals surface area contributed by atoms with Crippen LogP contribution in [0.5, 0.6) is 0 Å². The summed E-state index contributed by atoms with van der Waals surface area (Å²) in [6.45, 7) is 0. The van der Waals surface area contributed by atoms with Crippen LogP contribution in [0, 0.1) is 11.6 Å². The lowest BCUT2D eigenvalue weighted by molar-refractivity contribution is -0.139. The molecule has 0 aliphatic heterocycles. The number of amides is 1. The highest BCUT2D eigenvalue weighted by Crippen LogP contribution is 2.15. The number of carbonyl (C=O) groups excluding carboxylic acids is 1. The Hall–Kier alpha value is -2.76. The van der Waals surface area contributed by atoms with Crippen molar-refractivity contribution in [2.45, 2.75) is 6.04 Å². The lowest BCUT2D eigenvalue weighted by atomic mass is 10.1. The number of halogens is 2. The van der Waals surface area contributed by atoms with Crippen LogP contribution in [0.3, 0.4) is 0 Å². The van der Waals surface area contributed by atoms with Gasteiger partial charge in [-0.25, -0.2) is 13.6 Å². The van der Waals surface area contributed by atoms with Crippen LogP contribution in [0.15, 0.2) is 48.5 Å². The van der Waals surface area contributed by atoms with Crippen LogP contribution in [0.4, 0.5) is 8.78 Å². The van der Waals surface area contributed by atoms with Gasteiger partial charge < -0.3 is 10.4 Å². The van der Waals surface area contributed by atoms with Crippen LogP contribution in [0.2, 0.25) is 0 Å². The third-order valence-electron chi connectivity index (χ3n) is 2.83. The van der Waals surface area contributed by atoms with E-state index in [0.717, 1.165) is 12.1 Å². The molecule has 0 saturated heterocycles. The molecule has 2 aromatic rings. The molecule has 0 radical (unpaired) electrons. The maximum atomic E-state index is 13.5. The molecule has 1 unspecified atom stereocenters. The Morgan fingerprint density at radius 2 is 1.71 bits per heavy atom. The van der Waals surface area contributed by atoms with E-state index in [1.807, 2.05) is 0 Å². The number of benzene rings is 2. The van der Waals surface area contributed by atoms with Gasteiger partial charge in [-0.05, 0) is 17.7 Å². The van der Waals surface area contributed by atoms with E-state index in [2.05, 4.69) is 5.32 Å². The van der Waals surface area contributed by atoms with Crippen molar-refractivity contribution < 1.29 is 23.5 Å². The first kappa shape index (κ1) is 14.6. The molecule has 6 heteroatoms. The van der Waals surface area contributed by atoms with E-state index in [4.69, 9.17) is 5.11 Å². The summed E-state index contributed by atoms with van der Waals surface area (Å²) in [6, 6.07) is 9.13. The second kappa shape index (κ2) is 6.13. The Balaban J connectivity index is 2.25. The summed E-state index contributed by atoms with van der Waals surface area (Å²) >= 11 is 0. The van der Waals surface area contributed by atoms with Gasteiger partial charge in [-0.3, -0.25) is 4.79 Å². The SMILES string of the molecule is O=C(NC(C(=O)O)c1ccccc1)c1ccc(F)cc1F. The summed E-state index contributed by atoms with van der Waals surface area (Å²) in [7, 11) is 0. The number of aliphatic carboxylic acids is 1. The Labute approximate surface area is 119 Å². The van der Waals surface area contributed by atoms with Crippen LogP contribution < -0.4 is 5.32 Å². The van der Waals surface area contributed by atoms with E-state index < -0.39 is 35.1 Å². The number of hydrogen-bond donors (Lipinski definition) is 2. The zero-order valence-corrected chi connectivity index (χ0v) is 10.7. The normalized spacial score (nSPS) is 11.7. The van der Waals surface area contributed by atoms with Crippen molar-refractivity contribution in [2.24, 2.45) is 0 Å². The second-order valence-corrected chi connectivity index (χ2v) is 4.28. The van der Waals surface area contributed by atoms with Gasteiger partial charge in [0, 0.05) is 6.07 Å². The van der Waals surface area contributed by atoms with E-state index in [1.165, 1.54) is 12.1 Å². The molecule has 4 nitrogen and oxygen atoms in total. The van der Waals surface area contributed by atoms with Gasteiger partial charge in [0.15, 0.2) is 6.04 Å². The molecule has 0 spiro atoms. The van der Waals surface area contributed by atoms with Gasteiger partial charge >= 0.3 is 5.97 Å². The summed E-state index contributed by atoms with van der Waals surface area (Å²) < 4.78 is 26.3. The summed E-state index contributed by atoms with van der Waals surface area (Å²) in [4.78, 5) is 23.2. The average Bonchev–Trinajstić information content (AvgIpc) is 2.45. The van der Waals surface area contributed by atoms with Crippen molar-refractivity contribution in [3.63, 3.8) is 0 Å². The van der Waals surface area contributed by atoms with E-state index in [1.54, 1.807) is 18.2 Å². The topological polar surface area (TPSA) is 66.4 Å². The third-order valence-corrected chi connectivity index (χ3v) is 2.83. The molecule has 0 aromatic heterocycles. The quantitative estimate of drug-likeness (QED) is 0.909. The first-order valence-electron chi connectivity index (χ1n) is 6.02. The maximum absolute atomic E-state index is 13.5. The lowest BCUT2D eigenvalue weighted by Crippen LogP contribution is -2.34. The molecule has 0 fully saturated rings. The Morgan fingerprint density at radius 3 is 2.29 bits per heavy atom. The lowest BCUT2D eigenvalue weighted by Gasteiger charge is -2.15. The molecule has 2 rings (SSSR count). The van der Waals surface area contributed by atoms with E-state index >= 15 is 0 Å². The molecule has 0 bridgehead atoms. The van der Waals surface area contributed by atoms with Crippen LogP contribution >= 0.6 is 0 Å². The molecule has 2 aromatic carbocycles. The summed E-state index contributed by atoms with van der Waals surface area (Å²) in [6.07, 6.45) is 0.